The fourth-order valence-electron chi connectivity index (χ4n) is 4.24. The number of pyridine rings is 1. The Balaban J connectivity index is 1.46. The highest BCUT2D eigenvalue weighted by Gasteiger charge is 2.21. The summed E-state index contributed by atoms with van der Waals surface area (Å²) in [5.74, 6) is 1.06. The highest BCUT2D eigenvalue weighted by molar-refractivity contribution is 5.90. The number of nitrogens with one attached hydrogen (secondary N) is 1. The quantitative estimate of drug-likeness (QED) is 0.417. The molecule has 6 aromatic rings. The van der Waals surface area contributed by atoms with Gasteiger partial charge in [-0.3, -0.25) is 14.3 Å². The third kappa shape index (κ3) is 3.63. The molecule has 1 N–H and O–H groups in total. The normalized spacial score (nSPS) is 11.4. The molecule has 2 aromatic carbocycles. The minimum atomic E-state index is -0.189. The van der Waals surface area contributed by atoms with Crippen LogP contribution in [0, 0.1) is 6.92 Å². The predicted molar refractivity (Wildman–Crippen MR) is 135 cm³/mol. The monoisotopic (exact) mass is 462 g/mol. The molecule has 0 atom stereocenters. The van der Waals surface area contributed by atoms with Crippen LogP contribution in [0.2, 0.25) is 0 Å². The third-order valence-electron chi connectivity index (χ3n) is 6.02. The first-order chi connectivity index (χ1) is 17.1. The van der Waals surface area contributed by atoms with E-state index in [4.69, 9.17) is 5.10 Å². The van der Waals surface area contributed by atoms with E-state index in [0.29, 0.717) is 29.2 Å². The van der Waals surface area contributed by atoms with Crippen LogP contribution in [0.3, 0.4) is 0 Å². The maximum absolute atomic E-state index is 13.3. The molecule has 35 heavy (non-hydrogen) atoms. The number of benzene rings is 2. The third-order valence-corrected chi connectivity index (χ3v) is 6.02. The summed E-state index contributed by atoms with van der Waals surface area (Å²) in [5, 5.41) is 16.8. The van der Waals surface area contributed by atoms with Crippen molar-refractivity contribution in [2.45, 2.75) is 13.5 Å². The molecule has 0 saturated heterocycles. The zero-order valence-corrected chi connectivity index (χ0v) is 19.3. The average Bonchev–Trinajstić information content (AvgIpc) is 3.50. The molecule has 0 aliphatic carbocycles. The van der Waals surface area contributed by atoms with Crippen molar-refractivity contribution < 1.29 is 0 Å². The van der Waals surface area contributed by atoms with Gasteiger partial charge in [0.25, 0.3) is 5.56 Å². The van der Waals surface area contributed by atoms with Crippen molar-refractivity contribution in [2.75, 3.05) is 5.32 Å². The van der Waals surface area contributed by atoms with Gasteiger partial charge in [0.1, 0.15) is 17.5 Å². The molecule has 0 amide bonds. The molecule has 9 heteroatoms. The second-order valence-corrected chi connectivity index (χ2v) is 8.42. The van der Waals surface area contributed by atoms with Crippen LogP contribution in [0.1, 0.15) is 11.3 Å². The summed E-state index contributed by atoms with van der Waals surface area (Å²) in [5.41, 5.74) is 5.19. The average molecular weight is 463 g/mol. The van der Waals surface area contributed by atoms with E-state index in [-0.39, 0.29) is 5.56 Å². The summed E-state index contributed by atoms with van der Waals surface area (Å²) in [6, 6.07) is 24.0. The van der Waals surface area contributed by atoms with Gasteiger partial charge >= 0.3 is 0 Å². The van der Waals surface area contributed by atoms with E-state index in [2.05, 4.69) is 44.8 Å². The lowest BCUT2D eigenvalue weighted by Crippen LogP contribution is -2.20. The number of anilines is 2. The molecule has 0 fully saturated rings. The highest BCUT2D eigenvalue weighted by atomic mass is 16.1. The van der Waals surface area contributed by atoms with Gasteiger partial charge in [-0.05, 0) is 36.8 Å². The molecule has 4 heterocycles. The number of hydrogen-bond acceptors (Lipinski definition) is 6. The summed E-state index contributed by atoms with van der Waals surface area (Å²) >= 11 is 0. The van der Waals surface area contributed by atoms with Crippen molar-refractivity contribution in [2.24, 2.45) is 7.05 Å². The molecule has 0 saturated carbocycles. The summed E-state index contributed by atoms with van der Waals surface area (Å²) in [7, 11) is 1.69. The fraction of sp³-hybridized carbons (Fsp3) is 0.115. The van der Waals surface area contributed by atoms with Crippen molar-refractivity contribution in [3.05, 3.63) is 101 Å². The van der Waals surface area contributed by atoms with Gasteiger partial charge in [0, 0.05) is 24.0 Å². The molecule has 172 valence electrons. The number of rotatable bonds is 5. The first-order valence-electron chi connectivity index (χ1n) is 11.2. The topological polar surface area (TPSA) is 94.9 Å². The minimum absolute atomic E-state index is 0.189. The number of hydrogen-bond donors (Lipinski definition) is 1. The fourth-order valence-corrected chi connectivity index (χ4v) is 4.24. The molecule has 0 spiro atoms. The van der Waals surface area contributed by atoms with Crippen LogP contribution in [-0.4, -0.2) is 33.9 Å². The number of aryl methyl sites for hydroxylation is 2. The van der Waals surface area contributed by atoms with E-state index in [1.165, 1.54) is 4.57 Å². The molecule has 0 aliphatic rings. The smallest absolute Gasteiger partial charge is 0.268 e. The van der Waals surface area contributed by atoms with Gasteiger partial charge in [-0.15, -0.1) is 10.2 Å². The molecular formula is C26H22N8O. The van der Waals surface area contributed by atoms with Crippen LogP contribution in [0.15, 0.2) is 83.9 Å². The standard InChI is InChI=1S/C26H22N8O/c1-17-7-6-10-21(28-17)19-13-11-18(12-14-19)15-34-23(29-20-8-4-3-5-9-20)22-24(31-34)33-16-27-30-26(33)32(2)25(22)35/h3-14,16,29H,15H2,1-2H3. The van der Waals surface area contributed by atoms with Gasteiger partial charge in [0.15, 0.2) is 5.65 Å². The van der Waals surface area contributed by atoms with Crippen LogP contribution in [-0.2, 0) is 13.6 Å². The number of para-hydroxylation sites is 1. The van der Waals surface area contributed by atoms with E-state index in [1.54, 1.807) is 17.8 Å². The van der Waals surface area contributed by atoms with Crippen LogP contribution < -0.4 is 10.9 Å². The van der Waals surface area contributed by atoms with Gasteiger partial charge in [-0.1, -0.05) is 48.5 Å². The largest absolute Gasteiger partial charge is 0.340 e. The molecule has 0 bridgehead atoms. The van der Waals surface area contributed by atoms with E-state index >= 15 is 0 Å². The second kappa shape index (κ2) is 8.21. The number of nitrogens with zero attached hydrogens (tertiary/aromatic N) is 7. The van der Waals surface area contributed by atoms with E-state index in [9.17, 15) is 4.79 Å². The maximum Gasteiger partial charge on any atom is 0.268 e. The molecule has 9 nitrogen and oxygen atoms in total. The molecular weight excluding hydrogens is 440 g/mol. The van der Waals surface area contributed by atoms with Gasteiger partial charge < -0.3 is 5.32 Å². The first-order valence-corrected chi connectivity index (χ1v) is 11.2. The maximum atomic E-state index is 13.3. The zero-order valence-electron chi connectivity index (χ0n) is 19.3. The summed E-state index contributed by atoms with van der Waals surface area (Å²) in [6.07, 6.45) is 1.57. The van der Waals surface area contributed by atoms with Gasteiger partial charge in [0.2, 0.25) is 5.78 Å². The Hall–Kier alpha value is -4.79. The Bertz CT molecular complexity index is 1730. The van der Waals surface area contributed by atoms with Crippen LogP contribution in [0.25, 0.3) is 28.1 Å². The predicted octanol–water partition coefficient (Wildman–Crippen LogP) is 3.94. The van der Waals surface area contributed by atoms with Crippen molar-refractivity contribution in [1.29, 1.82) is 0 Å². The van der Waals surface area contributed by atoms with E-state index in [0.717, 1.165) is 28.2 Å². The minimum Gasteiger partial charge on any atom is -0.340 e. The van der Waals surface area contributed by atoms with Gasteiger partial charge in [-0.2, -0.15) is 5.10 Å². The Morgan fingerprint density at radius 3 is 2.51 bits per heavy atom. The number of aromatic nitrogens is 7. The van der Waals surface area contributed by atoms with Gasteiger partial charge in [0.05, 0.1) is 12.2 Å². The van der Waals surface area contributed by atoms with Gasteiger partial charge in [-0.25, -0.2) is 9.08 Å². The Morgan fingerprint density at radius 2 is 1.74 bits per heavy atom. The van der Waals surface area contributed by atoms with E-state index in [1.807, 2.05) is 60.1 Å². The zero-order chi connectivity index (χ0) is 23.9. The molecule has 6 rings (SSSR count). The Kier molecular flexibility index (Phi) is 4.88. The van der Waals surface area contributed by atoms with E-state index < -0.39 is 0 Å². The summed E-state index contributed by atoms with van der Waals surface area (Å²) in [4.78, 5) is 17.9. The summed E-state index contributed by atoms with van der Waals surface area (Å²) < 4.78 is 5.04. The molecule has 0 unspecified atom stereocenters. The second-order valence-electron chi connectivity index (χ2n) is 8.42. The lowest BCUT2D eigenvalue weighted by molar-refractivity contribution is 0.700. The molecule has 0 radical (unpaired) electrons. The first kappa shape index (κ1) is 20.8. The number of fused-ring (bicyclic) bond motifs is 3. The summed E-state index contributed by atoms with van der Waals surface area (Å²) in [6.45, 7) is 2.46. The Morgan fingerprint density at radius 1 is 0.943 bits per heavy atom. The lowest BCUT2D eigenvalue weighted by Gasteiger charge is -2.11. The van der Waals surface area contributed by atoms with Crippen molar-refractivity contribution in [1.82, 2.24) is 33.9 Å². The van der Waals surface area contributed by atoms with Crippen LogP contribution in [0.5, 0.6) is 0 Å². The van der Waals surface area contributed by atoms with Crippen molar-refractivity contribution >= 4 is 28.3 Å². The SMILES string of the molecule is Cc1cccc(-c2ccc(Cn3nc4c(c3Nc3ccccc3)c(=O)n(C)c3nncn43)cc2)n1. The van der Waals surface area contributed by atoms with Crippen LogP contribution >= 0.6 is 0 Å². The highest BCUT2D eigenvalue weighted by Crippen LogP contribution is 2.26. The van der Waals surface area contributed by atoms with Crippen molar-refractivity contribution in [3.8, 4) is 11.3 Å². The lowest BCUT2D eigenvalue weighted by atomic mass is 10.1. The molecule has 4 aromatic heterocycles. The van der Waals surface area contributed by atoms with Crippen molar-refractivity contribution in [3.63, 3.8) is 0 Å². The molecule has 0 aliphatic heterocycles. The Labute approximate surface area is 200 Å². The van der Waals surface area contributed by atoms with Crippen LogP contribution in [0.4, 0.5) is 11.5 Å².